The van der Waals surface area contributed by atoms with Gasteiger partial charge in [-0.3, -0.25) is 9.59 Å². The molecular formula is C15H21NO8. The van der Waals surface area contributed by atoms with Crippen LogP contribution >= 0.6 is 0 Å². The van der Waals surface area contributed by atoms with Crippen molar-refractivity contribution >= 4 is 17.9 Å². The van der Waals surface area contributed by atoms with Crippen molar-refractivity contribution in [2.24, 2.45) is 5.73 Å². The number of hydrogen-bond donors (Lipinski definition) is 4. The van der Waals surface area contributed by atoms with Gasteiger partial charge in [-0.2, -0.15) is 0 Å². The Morgan fingerprint density at radius 3 is 2.12 bits per heavy atom. The summed E-state index contributed by atoms with van der Waals surface area (Å²) in [5, 5.41) is 24.9. The summed E-state index contributed by atoms with van der Waals surface area (Å²) < 4.78 is 9.10. The quantitative estimate of drug-likeness (QED) is 0.307. The van der Waals surface area contributed by atoms with Gasteiger partial charge in [0.1, 0.15) is 6.04 Å². The van der Waals surface area contributed by atoms with Gasteiger partial charge in [-0.1, -0.05) is 6.07 Å². The van der Waals surface area contributed by atoms with Crippen LogP contribution in [0.4, 0.5) is 0 Å². The third-order valence-corrected chi connectivity index (χ3v) is 2.38. The Balaban J connectivity index is 0.00000118. The van der Waals surface area contributed by atoms with Crippen molar-refractivity contribution in [3.63, 3.8) is 0 Å². The number of aliphatic hydroxyl groups is 2. The van der Waals surface area contributed by atoms with E-state index in [0.29, 0.717) is 5.56 Å². The van der Waals surface area contributed by atoms with E-state index in [1.165, 1.54) is 19.1 Å². The number of esters is 3. The largest absolute Gasteiger partial charge is 0.504 e. The molecule has 0 aliphatic heterocycles. The highest BCUT2D eigenvalue weighted by molar-refractivity contribution is 5.87. The van der Waals surface area contributed by atoms with Gasteiger partial charge in [-0.05, 0) is 24.1 Å². The van der Waals surface area contributed by atoms with Crippen LogP contribution in [0.5, 0.6) is 11.5 Å². The Morgan fingerprint density at radius 1 is 1.12 bits per heavy atom. The number of benzene rings is 1. The third kappa shape index (κ3) is 8.83. The maximum Gasteiger partial charge on any atom is 0.330 e. The molecule has 0 fully saturated rings. The third-order valence-electron chi connectivity index (χ3n) is 2.38. The molecule has 0 heterocycles. The van der Waals surface area contributed by atoms with Gasteiger partial charge in [0.05, 0.1) is 13.2 Å². The smallest absolute Gasteiger partial charge is 0.330 e. The minimum absolute atomic E-state index is 0.0149. The zero-order chi connectivity index (χ0) is 18.7. The minimum atomic E-state index is -1.03. The molecule has 134 valence electrons. The minimum Gasteiger partial charge on any atom is -0.504 e. The molecule has 5 N–H and O–H groups in total. The van der Waals surface area contributed by atoms with Crippen LogP contribution in [0.25, 0.3) is 0 Å². The number of phenolic OH excluding ortho intramolecular Hbond substituents is 1. The number of ether oxygens (including phenoxy) is 2. The van der Waals surface area contributed by atoms with E-state index >= 15 is 0 Å². The van der Waals surface area contributed by atoms with Crippen LogP contribution < -0.4 is 10.5 Å². The Bertz CT molecular complexity index is 571. The SMILES string of the molecule is CC(=O)OC(=O)[C@@H](N)Cc1ccc(OC(C)=O)c(O)c1.OCCO. The van der Waals surface area contributed by atoms with E-state index in [2.05, 4.69) is 4.74 Å². The fourth-order valence-corrected chi connectivity index (χ4v) is 1.49. The molecule has 1 rings (SSSR count). The second-order valence-corrected chi connectivity index (χ2v) is 4.57. The van der Waals surface area contributed by atoms with Gasteiger partial charge in [-0.15, -0.1) is 0 Å². The van der Waals surface area contributed by atoms with Crippen molar-refractivity contribution < 1.29 is 39.2 Å². The molecule has 0 aliphatic carbocycles. The molecule has 0 saturated carbocycles. The normalized spacial score (nSPS) is 10.9. The molecule has 0 spiro atoms. The Labute approximate surface area is 138 Å². The predicted octanol–water partition coefficient (Wildman–Crippen LogP) is -0.752. The van der Waals surface area contributed by atoms with E-state index in [1.54, 1.807) is 6.07 Å². The number of aromatic hydroxyl groups is 1. The average Bonchev–Trinajstić information content (AvgIpc) is 2.49. The molecule has 1 aromatic carbocycles. The van der Waals surface area contributed by atoms with Crippen LogP contribution in [0, 0.1) is 0 Å². The zero-order valence-electron chi connectivity index (χ0n) is 13.4. The van der Waals surface area contributed by atoms with Crippen molar-refractivity contribution in [3.8, 4) is 11.5 Å². The summed E-state index contributed by atoms with van der Waals surface area (Å²) in [6.45, 7) is 2.06. The van der Waals surface area contributed by atoms with Crippen molar-refractivity contribution in [1.82, 2.24) is 0 Å². The zero-order valence-corrected chi connectivity index (χ0v) is 13.4. The van der Waals surface area contributed by atoms with Gasteiger partial charge >= 0.3 is 17.9 Å². The molecule has 0 radical (unpaired) electrons. The standard InChI is InChI=1S/C13H15NO6.C2H6O2/c1-7(15)19-12-4-3-9(6-11(12)17)5-10(14)13(18)20-8(2)16;3-1-2-4/h3-4,6,10,17H,5,14H2,1-2H3;3-4H,1-2H2/t10-;/m0./s1. The fraction of sp³-hybridized carbons (Fsp3) is 0.400. The lowest BCUT2D eigenvalue weighted by Gasteiger charge is -2.11. The Morgan fingerprint density at radius 2 is 1.71 bits per heavy atom. The summed E-state index contributed by atoms with van der Waals surface area (Å²) in [5.74, 6) is -2.37. The van der Waals surface area contributed by atoms with E-state index < -0.39 is 23.9 Å². The number of rotatable bonds is 5. The highest BCUT2D eigenvalue weighted by atomic mass is 16.6. The molecule has 1 atom stereocenters. The van der Waals surface area contributed by atoms with Gasteiger partial charge in [0, 0.05) is 13.8 Å². The topological polar surface area (TPSA) is 156 Å². The highest BCUT2D eigenvalue weighted by Crippen LogP contribution is 2.27. The van der Waals surface area contributed by atoms with Crippen LogP contribution in [0.1, 0.15) is 19.4 Å². The summed E-state index contributed by atoms with van der Waals surface area (Å²) in [4.78, 5) is 32.8. The molecule has 0 aromatic heterocycles. The Kier molecular flexibility index (Phi) is 9.96. The van der Waals surface area contributed by atoms with E-state index in [1.807, 2.05) is 0 Å². The van der Waals surface area contributed by atoms with Crippen LogP contribution in [0.2, 0.25) is 0 Å². The maximum absolute atomic E-state index is 11.4. The summed E-state index contributed by atoms with van der Waals surface area (Å²) in [7, 11) is 0. The van der Waals surface area contributed by atoms with Crippen molar-refractivity contribution in [2.75, 3.05) is 13.2 Å². The lowest BCUT2D eigenvalue weighted by atomic mass is 10.1. The van der Waals surface area contributed by atoms with Crippen molar-refractivity contribution in [2.45, 2.75) is 26.3 Å². The number of hydrogen-bond acceptors (Lipinski definition) is 9. The molecule has 9 heteroatoms. The first-order chi connectivity index (χ1) is 11.2. The number of aliphatic hydroxyl groups excluding tert-OH is 2. The first-order valence-electron chi connectivity index (χ1n) is 6.91. The van der Waals surface area contributed by atoms with Crippen LogP contribution in [0.15, 0.2) is 18.2 Å². The summed E-state index contributed by atoms with van der Waals surface area (Å²) in [6, 6.07) is 3.21. The molecule has 0 unspecified atom stereocenters. The number of nitrogens with two attached hydrogens (primary N) is 1. The molecule has 0 saturated heterocycles. The maximum atomic E-state index is 11.4. The van der Waals surface area contributed by atoms with Crippen molar-refractivity contribution in [3.05, 3.63) is 23.8 Å². The van der Waals surface area contributed by atoms with E-state index in [0.717, 1.165) is 6.92 Å². The predicted molar refractivity (Wildman–Crippen MR) is 82.0 cm³/mol. The van der Waals surface area contributed by atoms with Crippen LogP contribution in [-0.2, 0) is 25.5 Å². The summed E-state index contributed by atoms with van der Waals surface area (Å²) >= 11 is 0. The van der Waals surface area contributed by atoms with E-state index in [9.17, 15) is 19.5 Å². The highest BCUT2D eigenvalue weighted by Gasteiger charge is 2.18. The van der Waals surface area contributed by atoms with E-state index in [-0.39, 0.29) is 31.1 Å². The molecule has 1 aromatic rings. The van der Waals surface area contributed by atoms with Gasteiger partial charge < -0.3 is 30.5 Å². The van der Waals surface area contributed by atoms with E-state index in [4.69, 9.17) is 20.7 Å². The molecule has 24 heavy (non-hydrogen) atoms. The lowest BCUT2D eigenvalue weighted by Crippen LogP contribution is -2.35. The number of phenols is 1. The molecule has 0 aliphatic rings. The monoisotopic (exact) mass is 343 g/mol. The van der Waals surface area contributed by atoms with Gasteiger partial charge in [0.2, 0.25) is 0 Å². The second kappa shape index (κ2) is 11.1. The second-order valence-electron chi connectivity index (χ2n) is 4.57. The van der Waals surface area contributed by atoms with Crippen LogP contribution in [-0.4, -0.2) is 52.5 Å². The molecule has 0 amide bonds. The lowest BCUT2D eigenvalue weighted by molar-refractivity contribution is -0.159. The summed E-state index contributed by atoms with van der Waals surface area (Å²) in [5.41, 5.74) is 6.11. The first kappa shape index (κ1) is 21.5. The van der Waals surface area contributed by atoms with Gasteiger partial charge in [0.25, 0.3) is 0 Å². The molecule has 9 nitrogen and oxygen atoms in total. The van der Waals surface area contributed by atoms with Crippen LogP contribution in [0.3, 0.4) is 0 Å². The number of carbonyl (C=O) groups is 3. The molecule has 0 bridgehead atoms. The fourth-order valence-electron chi connectivity index (χ4n) is 1.49. The van der Waals surface area contributed by atoms with Gasteiger partial charge in [0.15, 0.2) is 11.5 Å². The summed E-state index contributed by atoms with van der Waals surface area (Å²) in [6.07, 6.45) is 0.0695. The average molecular weight is 343 g/mol. The molecular weight excluding hydrogens is 322 g/mol. The van der Waals surface area contributed by atoms with Crippen molar-refractivity contribution in [1.29, 1.82) is 0 Å². The number of carbonyl (C=O) groups excluding carboxylic acids is 3. The first-order valence-corrected chi connectivity index (χ1v) is 6.91. The Hall–Kier alpha value is -2.49. The van der Waals surface area contributed by atoms with Gasteiger partial charge in [-0.25, -0.2) is 4.79 Å².